The predicted molar refractivity (Wildman–Crippen MR) is 98.6 cm³/mol. The molecule has 8 heteroatoms. The van der Waals surface area contributed by atoms with E-state index in [4.69, 9.17) is 4.74 Å². The number of rotatable bonds is 6. The van der Waals surface area contributed by atoms with Crippen LogP contribution in [0.5, 0.6) is 5.75 Å². The lowest BCUT2D eigenvalue weighted by molar-refractivity contribution is 0.344. The van der Waals surface area contributed by atoms with Gasteiger partial charge in [-0.05, 0) is 49.9 Å². The number of methoxy groups -OCH3 is 1. The summed E-state index contributed by atoms with van der Waals surface area (Å²) in [7, 11) is -2.25. The molecule has 0 atom stereocenters. The second-order valence-electron chi connectivity index (χ2n) is 6.86. The molecule has 1 heterocycles. The first-order valence-corrected chi connectivity index (χ1v) is 10.4. The monoisotopic (exact) mass is 378 g/mol. The molecule has 0 radical (unpaired) electrons. The maximum absolute atomic E-state index is 12.8. The lowest BCUT2D eigenvalue weighted by atomic mass is 9.95. The van der Waals surface area contributed by atoms with E-state index >= 15 is 0 Å². The molecular formula is C18H26N4O3S. The first kappa shape index (κ1) is 18.8. The van der Waals surface area contributed by atoms with E-state index in [1.807, 2.05) is 18.4 Å². The molecule has 0 amide bonds. The summed E-state index contributed by atoms with van der Waals surface area (Å²) >= 11 is 0. The van der Waals surface area contributed by atoms with Crippen molar-refractivity contribution in [1.82, 2.24) is 19.5 Å². The molecule has 2 aromatic rings. The Kier molecular flexibility index (Phi) is 5.62. The van der Waals surface area contributed by atoms with Crippen LogP contribution >= 0.6 is 0 Å². The molecule has 1 fully saturated rings. The van der Waals surface area contributed by atoms with E-state index in [0.29, 0.717) is 17.6 Å². The van der Waals surface area contributed by atoms with Crippen molar-refractivity contribution in [3.8, 4) is 5.75 Å². The topological polar surface area (TPSA) is 86.1 Å². The summed E-state index contributed by atoms with van der Waals surface area (Å²) in [6.45, 7) is 3.91. The lowest BCUT2D eigenvalue weighted by Crippen LogP contribution is -2.26. The standard InChI is InChI=1S/C18H26N4O3S/c1-13-9-16(25-3)17(10-14(13)2)26(23,24)20-11-18-21-19-12-22(18)15-7-5-4-6-8-15/h9-10,12,15,20H,4-8,11H2,1-3H3. The average Bonchev–Trinajstić information content (AvgIpc) is 3.11. The molecule has 1 aromatic heterocycles. The van der Waals surface area contributed by atoms with Crippen molar-refractivity contribution in [2.75, 3.05) is 7.11 Å². The quantitative estimate of drug-likeness (QED) is 0.835. The molecule has 0 spiro atoms. The lowest BCUT2D eigenvalue weighted by Gasteiger charge is -2.24. The van der Waals surface area contributed by atoms with Crippen LogP contribution in [-0.4, -0.2) is 30.3 Å². The van der Waals surface area contributed by atoms with Crippen molar-refractivity contribution in [2.45, 2.75) is 63.4 Å². The summed E-state index contributed by atoms with van der Waals surface area (Å²) < 4.78 is 35.6. The van der Waals surface area contributed by atoms with Gasteiger partial charge in [0.1, 0.15) is 22.8 Å². The normalized spacial score (nSPS) is 16.0. The van der Waals surface area contributed by atoms with E-state index in [-0.39, 0.29) is 11.4 Å². The highest BCUT2D eigenvalue weighted by Crippen LogP contribution is 2.29. The fourth-order valence-electron chi connectivity index (χ4n) is 3.43. The molecule has 1 aromatic carbocycles. The molecule has 7 nitrogen and oxygen atoms in total. The van der Waals surface area contributed by atoms with Gasteiger partial charge < -0.3 is 9.30 Å². The van der Waals surface area contributed by atoms with Crippen molar-refractivity contribution >= 4 is 10.0 Å². The summed E-state index contributed by atoms with van der Waals surface area (Å²) in [5.74, 6) is 0.984. The van der Waals surface area contributed by atoms with Crippen LogP contribution in [0.4, 0.5) is 0 Å². The third kappa shape index (κ3) is 3.91. The number of aryl methyl sites for hydroxylation is 2. The van der Waals surface area contributed by atoms with E-state index in [0.717, 1.165) is 24.0 Å². The molecule has 1 aliphatic carbocycles. The SMILES string of the molecule is COc1cc(C)c(C)cc1S(=O)(=O)NCc1nncn1C1CCCCC1. The van der Waals surface area contributed by atoms with Crippen LogP contribution in [0.15, 0.2) is 23.4 Å². The molecule has 1 N–H and O–H groups in total. The molecule has 1 saturated carbocycles. The predicted octanol–water partition coefficient (Wildman–Crippen LogP) is 2.89. The van der Waals surface area contributed by atoms with E-state index < -0.39 is 10.0 Å². The minimum Gasteiger partial charge on any atom is -0.495 e. The second kappa shape index (κ2) is 7.75. The Hall–Kier alpha value is -1.93. The van der Waals surface area contributed by atoms with E-state index in [1.165, 1.54) is 26.4 Å². The van der Waals surface area contributed by atoms with Crippen molar-refractivity contribution < 1.29 is 13.2 Å². The minimum absolute atomic E-state index is 0.106. The Morgan fingerprint density at radius 2 is 1.88 bits per heavy atom. The Morgan fingerprint density at radius 3 is 2.58 bits per heavy atom. The van der Waals surface area contributed by atoms with Gasteiger partial charge in [-0.2, -0.15) is 0 Å². The summed E-state index contributed by atoms with van der Waals surface area (Å²) in [4.78, 5) is 0.145. The van der Waals surface area contributed by atoms with Crippen molar-refractivity contribution in [1.29, 1.82) is 0 Å². The number of sulfonamides is 1. The molecule has 26 heavy (non-hydrogen) atoms. The third-order valence-corrected chi connectivity index (χ3v) is 6.53. The van der Waals surface area contributed by atoms with Crippen molar-refractivity contribution in [2.24, 2.45) is 0 Å². The van der Waals surface area contributed by atoms with Gasteiger partial charge in [0.2, 0.25) is 10.0 Å². The molecule has 1 aliphatic rings. The summed E-state index contributed by atoms with van der Waals surface area (Å²) in [5, 5.41) is 8.10. The van der Waals surface area contributed by atoms with Crippen molar-refractivity contribution in [3.05, 3.63) is 35.4 Å². The Labute approximate surface area is 154 Å². The zero-order chi connectivity index (χ0) is 18.7. The zero-order valence-electron chi connectivity index (χ0n) is 15.5. The Bertz CT molecular complexity index is 871. The molecule has 0 saturated heterocycles. The Balaban J connectivity index is 1.80. The smallest absolute Gasteiger partial charge is 0.244 e. The van der Waals surface area contributed by atoms with Crippen LogP contribution in [0, 0.1) is 13.8 Å². The molecular weight excluding hydrogens is 352 g/mol. The van der Waals surface area contributed by atoms with Crippen LogP contribution in [0.2, 0.25) is 0 Å². The third-order valence-electron chi connectivity index (χ3n) is 5.11. The largest absolute Gasteiger partial charge is 0.495 e. The average molecular weight is 378 g/mol. The van der Waals surface area contributed by atoms with Gasteiger partial charge in [-0.15, -0.1) is 10.2 Å². The van der Waals surface area contributed by atoms with Gasteiger partial charge in [0.25, 0.3) is 0 Å². The van der Waals surface area contributed by atoms with Crippen LogP contribution < -0.4 is 9.46 Å². The van der Waals surface area contributed by atoms with Gasteiger partial charge in [0.05, 0.1) is 13.7 Å². The van der Waals surface area contributed by atoms with E-state index in [1.54, 1.807) is 18.5 Å². The molecule has 142 valence electrons. The van der Waals surface area contributed by atoms with Gasteiger partial charge >= 0.3 is 0 Å². The highest BCUT2D eigenvalue weighted by atomic mass is 32.2. The maximum Gasteiger partial charge on any atom is 0.244 e. The van der Waals surface area contributed by atoms with Crippen LogP contribution in [0.25, 0.3) is 0 Å². The number of nitrogens with one attached hydrogen (secondary N) is 1. The highest BCUT2D eigenvalue weighted by molar-refractivity contribution is 7.89. The van der Waals surface area contributed by atoms with Gasteiger partial charge in [0.15, 0.2) is 0 Å². The summed E-state index contributed by atoms with van der Waals surface area (Å²) in [6, 6.07) is 3.74. The van der Waals surface area contributed by atoms with Crippen LogP contribution in [-0.2, 0) is 16.6 Å². The highest BCUT2D eigenvalue weighted by Gasteiger charge is 2.23. The number of hydrogen-bond acceptors (Lipinski definition) is 5. The van der Waals surface area contributed by atoms with Gasteiger partial charge in [-0.25, -0.2) is 13.1 Å². The summed E-state index contributed by atoms with van der Waals surface area (Å²) in [5.41, 5.74) is 1.88. The minimum atomic E-state index is -3.72. The van der Waals surface area contributed by atoms with Crippen LogP contribution in [0.1, 0.15) is 55.1 Å². The zero-order valence-corrected chi connectivity index (χ0v) is 16.3. The number of ether oxygens (including phenoxy) is 1. The molecule has 0 aliphatic heterocycles. The first-order valence-electron chi connectivity index (χ1n) is 8.95. The fraction of sp³-hybridized carbons (Fsp3) is 0.556. The van der Waals surface area contributed by atoms with Gasteiger partial charge in [-0.1, -0.05) is 19.3 Å². The summed E-state index contributed by atoms with van der Waals surface area (Å²) in [6.07, 6.45) is 7.51. The number of benzene rings is 1. The fourth-order valence-corrected chi connectivity index (χ4v) is 4.64. The molecule has 0 unspecified atom stereocenters. The Morgan fingerprint density at radius 1 is 1.19 bits per heavy atom. The van der Waals surface area contributed by atoms with E-state index in [2.05, 4.69) is 14.9 Å². The maximum atomic E-state index is 12.8. The van der Waals surface area contributed by atoms with Gasteiger partial charge in [-0.3, -0.25) is 0 Å². The first-order chi connectivity index (χ1) is 12.4. The number of hydrogen-bond donors (Lipinski definition) is 1. The number of nitrogens with zero attached hydrogens (tertiary/aromatic N) is 3. The van der Waals surface area contributed by atoms with Crippen LogP contribution in [0.3, 0.4) is 0 Å². The number of aromatic nitrogens is 3. The van der Waals surface area contributed by atoms with E-state index in [9.17, 15) is 8.42 Å². The van der Waals surface area contributed by atoms with Gasteiger partial charge in [0, 0.05) is 6.04 Å². The molecule has 0 bridgehead atoms. The second-order valence-corrected chi connectivity index (χ2v) is 8.59. The molecule has 3 rings (SSSR count). The van der Waals surface area contributed by atoms with Crippen molar-refractivity contribution in [3.63, 3.8) is 0 Å².